The molecule has 0 atom stereocenters. The minimum atomic E-state index is -0.371. The monoisotopic (exact) mass is 365 g/mol. The predicted molar refractivity (Wildman–Crippen MR) is 84.3 cm³/mol. The molecule has 22 heavy (non-hydrogen) atoms. The van der Waals surface area contributed by atoms with Crippen molar-refractivity contribution in [2.45, 2.75) is 25.8 Å². The van der Waals surface area contributed by atoms with Crippen molar-refractivity contribution in [2.75, 3.05) is 18.4 Å². The molecule has 0 bridgehead atoms. The second kappa shape index (κ2) is 5.72. The van der Waals surface area contributed by atoms with E-state index in [0.29, 0.717) is 5.69 Å². The number of hydrogen-bond donors (Lipinski definition) is 1. The van der Waals surface area contributed by atoms with Crippen LogP contribution in [0.4, 0.5) is 10.5 Å². The lowest BCUT2D eigenvalue weighted by Gasteiger charge is -2.16. The molecule has 4 amide bonds. The molecule has 2 fully saturated rings. The highest BCUT2D eigenvalue weighted by molar-refractivity contribution is 9.10. The van der Waals surface area contributed by atoms with Gasteiger partial charge in [-0.05, 0) is 43.5 Å². The molecule has 1 aromatic carbocycles. The molecule has 0 aromatic heterocycles. The van der Waals surface area contributed by atoms with Crippen LogP contribution in [0, 0.1) is 6.92 Å². The first-order chi connectivity index (χ1) is 10.5. The van der Waals surface area contributed by atoms with Crippen molar-refractivity contribution in [3.05, 3.63) is 28.2 Å². The van der Waals surface area contributed by atoms with Gasteiger partial charge in [0.25, 0.3) is 5.91 Å². The van der Waals surface area contributed by atoms with E-state index in [1.165, 1.54) is 0 Å². The number of nitrogens with one attached hydrogen (secondary N) is 1. The van der Waals surface area contributed by atoms with Crippen molar-refractivity contribution in [2.24, 2.45) is 0 Å². The zero-order valence-corrected chi connectivity index (χ0v) is 13.7. The van der Waals surface area contributed by atoms with Crippen LogP contribution in [0.25, 0.3) is 0 Å². The van der Waals surface area contributed by atoms with Crippen LogP contribution in [0.15, 0.2) is 22.7 Å². The zero-order valence-electron chi connectivity index (χ0n) is 12.1. The molecule has 1 aliphatic heterocycles. The molecule has 1 heterocycles. The summed E-state index contributed by atoms with van der Waals surface area (Å²) in [5.41, 5.74) is 1.58. The molecular weight excluding hydrogens is 350 g/mol. The second-order valence-electron chi connectivity index (χ2n) is 5.63. The Hall–Kier alpha value is -1.89. The van der Waals surface area contributed by atoms with Gasteiger partial charge in [0.2, 0.25) is 5.91 Å². The Morgan fingerprint density at radius 2 is 2.09 bits per heavy atom. The van der Waals surface area contributed by atoms with Crippen LogP contribution in [-0.2, 0) is 9.59 Å². The largest absolute Gasteiger partial charge is 0.327 e. The van der Waals surface area contributed by atoms with Crippen molar-refractivity contribution in [3.63, 3.8) is 0 Å². The van der Waals surface area contributed by atoms with E-state index in [4.69, 9.17) is 0 Å². The first kappa shape index (κ1) is 15.0. The predicted octanol–water partition coefficient (Wildman–Crippen LogP) is 2.12. The van der Waals surface area contributed by atoms with Crippen LogP contribution in [0.5, 0.6) is 0 Å². The minimum absolute atomic E-state index is 0.0914. The van der Waals surface area contributed by atoms with Crippen LogP contribution in [0.2, 0.25) is 0 Å². The van der Waals surface area contributed by atoms with Gasteiger partial charge in [0.05, 0.1) is 0 Å². The van der Waals surface area contributed by atoms with Gasteiger partial charge in [0, 0.05) is 16.2 Å². The summed E-state index contributed by atoms with van der Waals surface area (Å²) in [4.78, 5) is 38.7. The van der Waals surface area contributed by atoms with Crippen LogP contribution in [0.3, 0.4) is 0 Å². The highest BCUT2D eigenvalue weighted by atomic mass is 79.9. The van der Waals surface area contributed by atoms with E-state index in [9.17, 15) is 14.4 Å². The highest BCUT2D eigenvalue weighted by Gasteiger charge is 2.44. The standard InChI is InChI=1S/C15H16BrN3O3/c1-9-6-10(16)2-5-12(9)17-13(20)7-19-14(21)8-18(15(19)22)11-3-4-11/h2,5-6,11H,3-4,7-8H2,1H3,(H,17,20). The van der Waals surface area contributed by atoms with Crippen molar-refractivity contribution in [1.82, 2.24) is 9.80 Å². The fraction of sp³-hybridized carbons (Fsp3) is 0.400. The molecule has 1 N–H and O–H groups in total. The summed E-state index contributed by atoms with van der Waals surface area (Å²) < 4.78 is 0.924. The van der Waals surface area contributed by atoms with Gasteiger partial charge in [-0.2, -0.15) is 0 Å². The summed E-state index contributed by atoms with van der Waals surface area (Å²) >= 11 is 3.36. The number of imide groups is 1. The van der Waals surface area contributed by atoms with Gasteiger partial charge in [-0.15, -0.1) is 0 Å². The maximum Gasteiger partial charge on any atom is 0.327 e. The van der Waals surface area contributed by atoms with E-state index < -0.39 is 0 Å². The number of aryl methyl sites for hydroxylation is 1. The molecule has 1 saturated heterocycles. The SMILES string of the molecule is Cc1cc(Br)ccc1NC(=O)CN1C(=O)CN(C2CC2)C1=O. The Morgan fingerprint density at radius 1 is 1.36 bits per heavy atom. The number of hydrogen-bond acceptors (Lipinski definition) is 3. The number of urea groups is 1. The third kappa shape index (κ3) is 2.99. The normalized spacial score (nSPS) is 18.1. The lowest BCUT2D eigenvalue weighted by Crippen LogP contribution is -2.39. The van der Waals surface area contributed by atoms with Crippen LogP contribution >= 0.6 is 15.9 Å². The Morgan fingerprint density at radius 3 is 2.73 bits per heavy atom. The topological polar surface area (TPSA) is 69.7 Å². The van der Waals surface area contributed by atoms with Gasteiger partial charge in [0.1, 0.15) is 13.1 Å². The highest BCUT2D eigenvalue weighted by Crippen LogP contribution is 2.30. The van der Waals surface area contributed by atoms with E-state index in [-0.39, 0.29) is 37.0 Å². The summed E-state index contributed by atoms with van der Waals surface area (Å²) in [6.07, 6.45) is 1.88. The zero-order chi connectivity index (χ0) is 15.9. The first-order valence-corrected chi connectivity index (χ1v) is 7.92. The number of amides is 4. The molecule has 2 aliphatic rings. The summed E-state index contributed by atoms with van der Waals surface area (Å²) in [7, 11) is 0. The molecule has 1 aromatic rings. The van der Waals surface area contributed by atoms with Gasteiger partial charge in [-0.1, -0.05) is 15.9 Å². The van der Waals surface area contributed by atoms with E-state index in [0.717, 1.165) is 27.8 Å². The third-order valence-corrected chi connectivity index (χ3v) is 4.33. The Balaban J connectivity index is 1.64. The van der Waals surface area contributed by atoms with E-state index in [2.05, 4.69) is 21.2 Å². The fourth-order valence-electron chi connectivity index (χ4n) is 2.49. The third-order valence-electron chi connectivity index (χ3n) is 3.84. The molecule has 6 nitrogen and oxygen atoms in total. The first-order valence-electron chi connectivity index (χ1n) is 7.12. The van der Waals surface area contributed by atoms with Crippen molar-refractivity contribution in [3.8, 4) is 0 Å². The molecule has 0 radical (unpaired) electrons. The van der Waals surface area contributed by atoms with Gasteiger partial charge in [-0.3, -0.25) is 14.5 Å². The summed E-state index contributed by atoms with van der Waals surface area (Å²) in [5.74, 6) is -0.677. The van der Waals surface area contributed by atoms with E-state index in [1.54, 1.807) is 11.0 Å². The summed E-state index contributed by atoms with van der Waals surface area (Å²) in [5, 5.41) is 2.74. The lowest BCUT2D eigenvalue weighted by atomic mass is 10.2. The lowest BCUT2D eigenvalue weighted by molar-refractivity contribution is -0.129. The van der Waals surface area contributed by atoms with E-state index >= 15 is 0 Å². The fourth-order valence-corrected chi connectivity index (χ4v) is 2.96. The maximum atomic E-state index is 12.1. The number of carbonyl (C=O) groups excluding carboxylic acids is 3. The number of halogens is 1. The van der Waals surface area contributed by atoms with E-state index in [1.807, 2.05) is 19.1 Å². The molecule has 1 aliphatic carbocycles. The Bertz CT molecular complexity index is 657. The molecule has 3 rings (SSSR count). The van der Waals surface area contributed by atoms with Gasteiger partial charge in [0.15, 0.2) is 0 Å². The van der Waals surface area contributed by atoms with Gasteiger partial charge < -0.3 is 10.2 Å². The smallest absolute Gasteiger partial charge is 0.324 e. The van der Waals surface area contributed by atoms with Crippen LogP contribution in [0.1, 0.15) is 18.4 Å². The second-order valence-corrected chi connectivity index (χ2v) is 6.54. The minimum Gasteiger partial charge on any atom is -0.324 e. The molecular formula is C15H16BrN3O3. The molecule has 0 spiro atoms. The Labute approximate surface area is 136 Å². The quantitative estimate of drug-likeness (QED) is 0.830. The average Bonchev–Trinajstić information content (AvgIpc) is 3.25. The van der Waals surface area contributed by atoms with Crippen LogP contribution < -0.4 is 5.32 Å². The number of anilines is 1. The summed E-state index contributed by atoms with van der Waals surface area (Å²) in [6.45, 7) is 1.73. The number of carbonyl (C=O) groups is 3. The van der Waals surface area contributed by atoms with Crippen molar-refractivity contribution < 1.29 is 14.4 Å². The van der Waals surface area contributed by atoms with Gasteiger partial charge in [-0.25, -0.2) is 4.79 Å². The number of nitrogens with zero attached hydrogens (tertiary/aromatic N) is 2. The van der Waals surface area contributed by atoms with Crippen molar-refractivity contribution in [1.29, 1.82) is 0 Å². The number of benzene rings is 1. The molecule has 116 valence electrons. The number of rotatable bonds is 4. The molecule has 1 saturated carbocycles. The summed E-state index contributed by atoms with van der Waals surface area (Å²) in [6, 6.07) is 5.31. The van der Waals surface area contributed by atoms with Gasteiger partial charge >= 0.3 is 6.03 Å². The molecule has 7 heteroatoms. The maximum absolute atomic E-state index is 12.1. The Kier molecular flexibility index (Phi) is 3.90. The van der Waals surface area contributed by atoms with Crippen LogP contribution in [-0.4, -0.2) is 46.8 Å². The average molecular weight is 366 g/mol. The molecule has 0 unspecified atom stereocenters. The van der Waals surface area contributed by atoms with Crippen molar-refractivity contribution >= 4 is 39.5 Å².